The van der Waals surface area contributed by atoms with Crippen molar-refractivity contribution in [1.82, 2.24) is 0 Å². The first-order valence-electron chi connectivity index (χ1n) is 9.60. The normalized spacial score (nSPS) is 12.2. The number of sulfone groups is 1. The van der Waals surface area contributed by atoms with Crippen molar-refractivity contribution in [3.63, 3.8) is 0 Å². The Morgan fingerprint density at radius 1 is 1.00 bits per heavy atom. The molecule has 0 aliphatic heterocycles. The monoisotopic (exact) mass is 378 g/mol. The van der Waals surface area contributed by atoms with Gasteiger partial charge in [0.2, 0.25) is 0 Å². The van der Waals surface area contributed by atoms with Gasteiger partial charge in [-0.2, -0.15) is 0 Å². The Labute approximate surface area is 156 Å². The van der Waals surface area contributed by atoms with Gasteiger partial charge in [-0.3, -0.25) is 0 Å². The Balaban J connectivity index is 1.81. The summed E-state index contributed by atoms with van der Waals surface area (Å²) in [6.07, 6.45) is 6.81. The van der Waals surface area contributed by atoms with Crippen LogP contribution in [0.1, 0.15) is 64.0 Å². The van der Waals surface area contributed by atoms with Crippen molar-refractivity contribution in [1.29, 1.82) is 0 Å². The van der Waals surface area contributed by atoms with Crippen LogP contribution >= 0.6 is 0 Å². The molecule has 26 heavy (non-hydrogen) atoms. The zero-order valence-electron chi connectivity index (χ0n) is 16.1. The number of rotatable bonds is 10. The number of hydrogen-bond acceptors (Lipinski definition) is 4. The molecule has 0 fully saturated rings. The first kappa shape index (κ1) is 20.7. The van der Waals surface area contributed by atoms with Gasteiger partial charge in [-0.25, -0.2) is 13.2 Å². The number of benzene rings is 1. The van der Waals surface area contributed by atoms with E-state index in [0.717, 1.165) is 55.9 Å². The summed E-state index contributed by atoms with van der Waals surface area (Å²) in [6, 6.07) is 7.54. The smallest absolute Gasteiger partial charge is 0.336 e. The molecule has 1 heterocycles. The summed E-state index contributed by atoms with van der Waals surface area (Å²) in [4.78, 5) is 11.4. The Kier molecular flexibility index (Phi) is 7.44. The van der Waals surface area contributed by atoms with E-state index in [4.69, 9.17) is 4.42 Å². The summed E-state index contributed by atoms with van der Waals surface area (Å²) >= 11 is 0. The van der Waals surface area contributed by atoms with Crippen molar-refractivity contribution in [3.8, 4) is 0 Å². The van der Waals surface area contributed by atoms with Gasteiger partial charge in [0.05, 0.1) is 11.0 Å². The number of fused-ring (bicyclic) bond motifs is 1. The van der Waals surface area contributed by atoms with Gasteiger partial charge in [-0.05, 0) is 62.8 Å². The third-order valence-corrected chi connectivity index (χ3v) is 7.14. The number of unbranched alkanes of at least 4 members (excludes halogenated alkanes) is 4. The number of hydrogen-bond donors (Lipinski definition) is 0. The molecule has 0 aliphatic carbocycles. The fraction of sp³-hybridized carbons (Fsp3) is 0.571. The van der Waals surface area contributed by atoms with E-state index in [9.17, 15) is 13.2 Å². The zero-order valence-corrected chi connectivity index (χ0v) is 16.9. The molecule has 0 bridgehead atoms. The van der Waals surface area contributed by atoms with Crippen molar-refractivity contribution in [2.45, 2.75) is 71.0 Å². The summed E-state index contributed by atoms with van der Waals surface area (Å²) < 4.78 is 28.9. The second-order valence-corrected chi connectivity index (χ2v) is 9.89. The van der Waals surface area contributed by atoms with E-state index < -0.39 is 9.84 Å². The van der Waals surface area contributed by atoms with Crippen LogP contribution in [0.5, 0.6) is 0 Å². The number of aryl methyl sites for hydroxylation is 2. The van der Waals surface area contributed by atoms with E-state index in [1.54, 1.807) is 13.8 Å². The van der Waals surface area contributed by atoms with Gasteiger partial charge in [0.15, 0.2) is 9.84 Å². The molecule has 0 atom stereocenters. The van der Waals surface area contributed by atoms with E-state index in [2.05, 4.69) is 19.1 Å². The summed E-state index contributed by atoms with van der Waals surface area (Å²) in [5, 5.41) is 0.713. The highest BCUT2D eigenvalue weighted by Crippen LogP contribution is 2.22. The predicted octanol–water partition coefficient (Wildman–Crippen LogP) is 4.67. The van der Waals surface area contributed by atoms with Gasteiger partial charge < -0.3 is 4.42 Å². The van der Waals surface area contributed by atoms with Crippen LogP contribution in [0.15, 0.2) is 33.5 Å². The molecule has 0 saturated heterocycles. The van der Waals surface area contributed by atoms with Gasteiger partial charge in [0.1, 0.15) is 5.58 Å². The van der Waals surface area contributed by atoms with Crippen LogP contribution in [0.25, 0.3) is 11.0 Å². The molecule has 0 saturated carbocycles. The fourth-order valence-electron chi connectivity index (χ4n) is 3.13. The van der Waals surface area contributed by atoms with Crippen molar-refractivity contribution in [3.05, 3.63) is 45.8 Å². The fourth-order valence-corrected chi connectivity index (χ4v) is 4.21. The minimum atomic E-state index is -2.90. The Morgan fingerprint density at radius 3 is 2.38 bits per heavy atom. The topological polar surface area (TPSA) is 64.3 Å². The SMILES string of the molecule is CCc1cc(CCCCCCCS(=O)(=O)C(C)C)cc2ccc(=O)oc12. The van der Waals surface area contributed by atoms with Gasteiger partial charge in [-0.15, -0.1) is 0 Å². The minimum absolute atomic E-state index is 0.271. The molecular weight excluding hydrogens is 348 g/mol. The molecule has 0 aliphatic rings. The van der Waals surface area contributed by atoms with E-state index in [1.165, 1.54) is 11.6 Å². The molecule has 2 rings (SSSR count). The van der Waals surface area contributed by atoms with Crippen LogP contribution < -0.4 is 5.63 Å². The van der Waals surface area contributed by atoms with Crippen molar-refractivity contribution < 1.29 is 12.8 Å². The lowest BCUT2D eigenvalue weighted by Gasteiger charge is -2.08. The molecule has 0 spiro atoms. The first-order valence-corrected chi connectivity index (χ1v) is 11.3. The Bertz CT molecular complexity index is 879. The molecular formula is C21H30O4S. The molecule has 1 aromatic heterocycles. The van der Waals surface area contributed by atoms with E-state index in [1.807, 2.05) is 6.07 Å². The molecule has 1 aromatic carbocycles. The quantitative estimate of drug-likeness (QED) is 0.445. The van der Waals surface area contributed by atoms with E-state index >= 15 is 0 Å². The Morgan fingerprint density at radius 2 is 1.69 bits per heavy atom. The summed E-state index contributed by atoms with van der Waals surface area (Å²) in [5.41, 5.74) is 2.74. The van der Waals surface area contributed by atoms with Crippen molar-refractivity contribution >= 4 is 20.8 Å². The predicted molar refractivity (Wildman–Crippen MR) is 108 cm³/mol. The van der Waals surface area contributed by atoms with Crippen LogP contribution in [0, 0.1) is 0 Å². The molecule has 0 radical (unpaired) electrons. The minimum Gasteiger partial charge on any atom is -0.422 e. The van der Waals surface area contributed by atoms with Crippen LogP contribution in [0.3, 0.4) is 0 Å². The maximum Gasteiger partial charge on any atom is 0.336 e. The van der Waals surface area contributed by atoms with Gasteiger partial charge in [0, 0.05) is 11.5 Å². The first-order chi connectivity index (χ1) is 12.3. The summed E-state index contributed by atoms with van der Waals surface area (Å²) in [5.74, 6) is 0.306. The van der Waals surface area contributed by atoms with Gasteiger partial charge in [0.25, 0.3) is 0 Å². The second kappa shape index (κ2) is 9.36. The average molecular weight is 379 g/mol. The lowest BCUT2D eigenvalue weighted by Crippen LogP contribution is -2.17. The third kappa shape index (κ3) is 5.70. The highest BCUT2D eigenvalue weighted by molar-refractivity contribution is 7.91. The van der Waals surface area contributed by atoms with Crippen LogP contribution in [-0.4, -0.2) is 19.4 Å². The van der Waals surface area contributed by atoms with E-state index in [-0.39, 0.29) is 10.9 Å². The third-order valence-electron chi connectivity index (χ3n) is 4.85. The molecule has 4 nitrogen and oxygen atoms in total. The second-order valence-electron chi connectivity index (χ2n) is 7.21. The lowest BCUT2D eigenvalue weighted by molar-refractivity contribution is 0.557. The van der Waals surface area contributed by atoms with Crippen LogP contribution in [0.4, 0.5) is 0 Å². The molecule has 144 valence electrons. The molecule has 0 amide bonds. The summed E-state index contributed by atoms with van der Waals surface area (Å²) in [6.45, 7) is 5.56. The molecule has 0 unspecified atom stereocenters. The largest absolute Gasteiger partial charge is 0.422 e. The highest BCUT2D eigenvalue weighted by Gasteiger charge is 2.14. The van der Waals surface area contributed by atoms with E-state index in [0.29, 0.717) is 11.3 Å². The highest BCUT2D eigenvalue weighted by atomic mass is 32.2. The molecule has 0 N–H and O–H groups in total. The van der Waals surface area contributed by atoms with Crippen molar-refractivity contribution in [2.24, 2.45) is 0 Å². The lowest BCUT2D eigenvalue weighted by atomic mass is 10.00. The van der Waals surface area contributed by atoms with Crippen molar-refractivity contribution in [2.75, 3.05) is 5.75 Å². The Hall–Kier alpha value is -1.62. The zero-order chi connectivity index (χ0) is 19.2. The molecule has 5 heteroatoms. The maximum atomic E-state index is 11.8. The average Bonchev–Trinajstić information content (AvgIpc) is 2.60. The van der Waals surface area contributed by atoms with Crippen LogP contribution in [0.2, 0.25) is 0 Å². The standard InChI is InChI=1S/C21H30O4S/c1-4-18-14-17(15-19-11-12-20(22)25-21(18)19)10-8-6-5-7-9-13-26(23,24)16(2)3/h11-12,14-16H,4-10,13H2,1-3H3. The van der Waals surface area contributed by atoms with Gasteiger partial charge in [-0.1, -0.05) is 32.3 Å². The molecule has 2 aromatic rings. The van der Waals surface area contributed by atoms with Crippen LogP contribution in [-0.2, 0) is 22.7 Å². The van der Waals surface area contributed by atoms with Gasteiger partial charge >= 0.3 is 5.63 Å². The summed E-state index contributed by atoms with van der Waals surface area (Å²) in [7, 11) is -2.90. The maximum absolute atomic E-state index is 11.8.